The molecular weight excluding hydrogens is 282 g/mol. The Labute approximate surface area is 127 Å². The summed E-state index contributed by atoms with van der Waals surface area (Å²) < 4.78 is 6.07. The lowest BCUT2D eigenvalue weighted by Crippen LogP contribution is -2.12. The lowest BCUT2D eigenvalue weighted by molar-refractivity contribution is 0.275. The van der Waals surface area contributed by atoms with Crippen LogP contribution in [0.15, 0.2) is 65.7 Å². The van der Waals surface area contributed by atoms with Crippen molar-refractivity contribution in [3.63, 3.8) is 0 Å². The van der Waals surface area contributed by atoms with Gasteiger partial charge in [-0.1, -0.05) is 54.1 Å². The molecule has 0 fully saturated rings. The van der Waals surface area contributed by atoms with E-state index in [1.54, 1.807) is 0 Å². The van der Waals surface area contributed by atoms with Crippen molar-refractivity contribution in [2.45, 2.75) is 6.10 Å². The summed E-state index contributed by atoms with van der Waals surface area (Å²) in [7, 11) is 0. The van der Waals surface area contributed by atoms with Crippen molar-refractivity contribution in [2.75, 3.05) is 0 Å². The third kappa shape index (κ3) is 2.18. The van der Waals surface area contributed by atoms with Gasteiger partial charge in [0.15, 0.2) is 6.10 Å². The van der Waals surface area contributed by atoms with Crippen molar-refractivity contribution in [2.24, 2.45) is 4.99 Å². The average molecular weight is 294 g/mol. The summed E-state index contributed by atoms with van der Waals surface area (Å²) in [6, 6.07) is 19.9. The van der Waals surface area contributed by atoms with E-state index in [0.29, 0.717) is 0 Å². The highest BCUT2D eigenvalue weighted by molar-refractivity contribution is 6.30. The Hall–Kier alpha value is -2.32. The maximum atomic E-state index is 6.07. The number of aliphatic imine (C=N–C) groups is 1. The molecule has 21 heavy (non-hydrogen) atoms. The number of ether oxygens (including phenoxy) is 1. The number of hydrogen-bond donors (Lipinski definition) is 0. The van der Waals surface area contributed by atoms with Crippen molar-refractivity contribution >= 4 is 34.3 Å². The van der Waals surface area contributed by atoms with E-state index in [2.05, 4.69) is 23.2 Å². The highest BCUT2D eigenvalue weighted by Gasteiger charge is 2.19. The van der Waals surface area contributed by atoms with Gasteiger partial charge in [-0.2, -0.15) is 0 Å². The molecule has 1 atom stereocenters. The van der Waals surface area contributed by atoms with Crippen LogP contribution in [-0.4, -0.2) is 6.21 Å². The second-order valence-corrected chi connectivity index (χ2v) is 5.44. The first-order valence-corrected chi connectivity index (χ1v) is 7.17. The van der Waals surface area contributed by atoms with Crippen molar-refractivity contribution in [3.05, 3.63) is 71.2 Å². The Morgan fingerprint density at radius 1 is 0.905 bits per heavy atom. The van der Waals surface area contributed by atoms with E-state index in [0.717, 1.165) is 27.4 Å². The van der Waals surface area contributed by atoms with E-state index in [9.17, 15) is 0 Å². The van der Waals surface area contributed by atoms with E-state index in [1.165, 1.54) is 5.39 Å². The first-order valence-electron chi connectivity index (χ1n) is 6.79. The molecule has 0 radical (unpaired) electrons. The van der Waals surface area contributed by atoms with Gasteiger partial charge < -0.3 is 4.74 Å². The summed E-state index contributed by atoms with van der Waals surface area (Å²) in [4.78, 5) is 4.62. The Bertz CT molecular complexity index is 839. The SMILES string of the molecule is Clc1ccc(C2C=Nc3c(ccc4ccccc34)O2)cc1. The maximum Gasteiger partial charge on any atom is 0.159 e. The van der Waals surface area contributed by atoms with Crippen LogP contribution in [0.4, 0.5) is 5.69 Å². The van der Waals surface area contributed by atoms with Crippen molar-refractivity contribution in [1.82, 2.24) is 0 Å². The van der Waals surface area contributed by atoms with Crippen LogP contribution in [-0.2, 0) is 0 Å². The Morgan fingerprint density at radius 2 is 1.71 bits per heavy atom. The third-order valence-corrected chi connectivity index (χ3v) is 3.91. The van der Waals surface area contributed by atoms with Crippen LogP contribution in [0, 0.1) is 0 Å². The van der Waals surface area contributed by atoms with Crippen LogP contribution in [0.5, 0.6) is 5.75 Å². The van der Waals surface area contributed by atoms with Gasteiger partial charge in [0.25, 0.3) is 0 Å². The fourth-order valence-electron chi connectivity index (χ4n) is 2.58. The van der Waals surface area contributed by atoms with Crippen LogP contribution >= 0.6 is 11.6 Å². The van der Waals surface area contributed by atoms with E-state index >= 15 is 0 Å². The van der Waals surface area contributed by atoms with Crippen molar-refractivity contribution < 1.29 is 4.74 Å². The van der Waals surface area contributed by atoms with Gasteiger partial charge in [0, 0.05) is 10.4 Å². The first-order chi connectivity index (χ1) is 10.3. The monoisotopic (exact) mass is 293 g/mol. The smallest absolute Gasteiger partial charge is 0.159 e. The van der Waals surface area contributed by atoms with Gasteiger partial charge in [-0.15, -0.1) is 0 Å². The number of halogens is 1. The molecule has 0 saturated heterocycles. The number of fused-ring (bicyclic) bond motifs is 3. The molecule has 0 N–H and O–H groups in total. The second-order valence-electron chi connectivity index (χ2n) is 5.00. The lowest BCUT2D eigenvalue weighted by Gasteiger charge is -2.22. The molecule has 1 unspecified atom stereocenters. The summed E-state index contributed by atoms with van der Waals surface area (Å²) in [6.07, 6.45) is 1.67. The molecule has 1 aliphatic heterocycles. The molecule has 3 heteroatoms. The fourth-order valence-corrected chi connectivity index (χ4v) is 2.71. The van der Waals surface area contributed by atoms with Gasteiger partial charge in [0.2, 0.25) is 0 Å². The highest BCUT2D eigenvalue weighted by atomic mass is 35.5. The van der Waals surface area contributed by atoms with Crippen LogP contribution in [0.25, 0.3) is 10.8 Å². The topological polar surface area (TPSA) is 21.6 Å². The molecule has 3 aromatic rings. The molecule has 0 aliphatic carbocycles. The molecule has 0 aromatic heterocycles. The zero-order valence-electron chi connectivity index (χ0n) is 11.2. The standard InChI is InChI=1S/C18H12ClNO/c19-14-8-5-13(6-9-14)17-11-20-18-15-4-2-1-3-12(15)7-10-16(18)21-17/h1-11,17H. The second kappa shape index (κ2) is 4.90. The Morgan fingerprint density at radius 3 is 2.57 bits per heavy atom. The summed E-state index contributed by atoms with van der Waals surface area (Å²) in [5.41, 5.74) is 1.94. The van der Waals surface area contributed by atoms with Crippen LogP contribution in [0.1, 0.15) is 11.7 Å². The number of benzene rings is 3. The molecule has 0 bridgehead atoms. The molecular formula is C18H12ClNO. The van der Waals surface area contributed by atoms with E-state index in [-0.39, 0.29) is 6.10 Å². The summed E-state index contributed by atoms with van der Waals surface area (Å²) in [5.74, 6) is 0.816. The molecule has 0 spiro atoms. The molecule has 1 heterocycles. The van der Waals surface area contributed by atoms with Crippen LogP contribution in [0.3, 0.4) is 0 Å². The minimum absolute atomic E-state index is 0.170. The van der Waals surface area contributed by atoms with E-state index in [4.69, 9.17) is 16.3 Å². The van der Waals surface area contributed by atoms with Crippen LogP contribution in [0.2, 0.25) is 5.02 Å². The molecule has 3 aromatic carbocycles. The van der Waals surface area contributed by atoms with Gasteiger partial charge in [0.1, 0.15) is 11.4 Å². The Balaban J connectivity index is 1.77. The Kier molecular flexibility index (Phi) is 2.90. The third-order valence-electron chi connectivity index (χ3n) is 3.66. The molecule has 4 rings (SSSR count). The maximum absolute atomic E-state index is 6.07. The van der Waals surface area contributed by atoms with Gasteiger partial charge in [-0.3, -0.25) is 4.99 Å². The minimum atomic E-state index is -0.170. The number of hydrogen-bond acceptors (Lipinski definition) is 2. The van der Waals surface area contributed by atoms with Crippen molar-refractivity contribution in [3.8, 4) is 5.75 Å². The summed E-state index contributed by atoms with van der Waals surface area (Å²) in [6.45, 7) is 0. The van der Waals surface area contributed by atoms with Crippen molar-refractivity contribution in [1.29, 1.82) is 0 Å². The van der Waals surface area contributed by atoms with Gasteiger partial charge >= 0.3 is 0 Å². The molecule has 1 aliphatic rings. The van der Waals surface area contributed by atoms with E-state index < -0.39 is 0 Å². The zero-order chi connectivity index (χ0) is 14.2. The predicted molar refractivity (Wildman–Crippen MR) is 86.9 cm³/mol. The summed E-state index contributed by atoms with van der Waals surface area (Å²) >= 11 is 5.92. The highest BCUT2D eigenvalue weighted by Crippen LogP contribution is 2.40. The normalized spacial score (nSPS) is 16.5. The molecule has 2 nitrogen and oxygen atoms in total. The largest absolute Gasteiger partial charge is 0.478 e. The van der Waals surface area contributed by atoms with Crippen LogP contribution < -0.4 is 4.74 Å². The molecule has 0 amide bonds. The molecule has 0 saturated carbocycles. The van der Waals surface area contributed by atoms with Gasteiger partial charge in [-0.05, 0) is 29.1 Å². The van der Waals surface area contributed by atoms with Gasteiger partial charge in [-0.25, -0.2) is 0 Å². The average Bonchev–Trinajstić information content (AvgIpc) is 2.55. The first kappa shape index (κ1) is 12.4. The lowest BCUT2D eigenvalue weighted by atomic mass is 10.1. The fraction of sp³-hybridized carbons (Fsp3) is 0.0556. The predicted octanol–water partition coefficient (Wildman–Crippen LogP) is 5.33. The number of rotatable bonds is 1. The minimum Gasteiger partial charge on any atom is -0.478 e. The van der Waals surface area contributed by atoms with E-state index in [1.807, 2.05) is 48.7 Å². The number of nitrogens with zero attached hydrogens (tertiary/aromatic N) is 1. The van der Waals surface area contributed by atoms with Gasteiger partial charge in [0.05, 0.1) is 6.21 Å². The zero-order valence-corrected chi connectivity index (χ0v) is 11.9. The summed E-state index contributed by atoms with van der Waals surface area (Å²) in [5, 5.41) is 3.00. The molecule has 102 valence electrons. The quantitative estimate of drug-likeness (QED) is 0.594.